The van der Waals surface area contributed by atoms with Gasteiger partial charge in [-0.15, -0.1) is 0 Å². The molecule has 0 aliphatic rings. The summed E-state index contributed by atoms with van der Waals surface area (Å²) in [4.78, 5) is 12.2. The lowest BCUT2D eigenvalue weighted by Gasteiger charge is -2.22. The van der Waals surface area contributed by atoms with Crippen molar-refractivity contribution >= 4 is 21.8 Å². The van der Waals surface area contributed by atoms with Gasteiger partial charge in [-0.1, -0.05) is 42.8 Å². The van der Waals surface area contributed by atoms with Crippen LogP contribution in [0.25, 0.3) is 0 Å². The standard InChI is InChI=1S/C15H21BrFNO/c1-10-5-6-12(17)7-13(10)14(19)18-9-11(16)8-15(2,3)4/h5-7,11H,8-9H2,1-4H3,(H,18,19). The van der Waals surface area contributed by atoms with Gasteiger partial charge in [0, 0.05) is 16.9 Å². The number of nitrogens with one attached hydrogen (secondary N) is 1. The number of carbonyl (C=O) groups is 1. The lowest BCUT2D eigenvalue weighted by atomic mass is 9.90. The van der Waals surface area contributed by atoms with E-state index < -0.39 is 0 Å². The van der Waals surface area contributed by atoms with Crippen molar-refractivity contribution < 1.29 is 9.18 Å². The molecule has 0 heterocycles. The summed E-state index contributed by atoms with van der Waals surface area (Å²) in [6, 6.07) is 4.25. The Morgan fingerprint density at radius 2 is 2.05 bits per heavy atom. The van der Waals surface area contributed by atoms with Crippen LogP contribution in [-0.4, -0.2) is 17.3 Å². The van der Waals surface area contributed by atoms with Crippen LogP contribution in [0.2, 0.25) is 0 Å². The molecule has 0 radical (unpaired) electrons. The van der Waals surface area contributed by atoms with Gasteiger partial charge in [-0.05, 0) is 36.5 Å². The van der Waals surface area contributed by atoms with Gasteiger partial charge < -0.3 is 5.32 Å². The molecule has 0 saturated carbocycles. The molecule has 2 nitrogen and oxygen atoms in total. The first kappa shape index (κ1) is 16.2. The minimum Gasteiger partial charge on any atom is -0.351 e. The molecule has 0 aliphatic carbocycles. The number of alkyl halides is 1. The zero-order chi connectivity index (χ0) is 14.6. The van der Waals surface area contributed by atoms with Crippen LogP contribution in [0.5, 0.6) is 0 Å². The van der Waals surface area contributed by atoms with Crippen molar-refractivity contribution in [3.8, 4) is 0 Å². The smallest absolute Gasteiger partial charge is 0.251 e. The van der Waals surface area contributed by atoms with E-state index in [0.29, 0.717) is 12.1 Å². The van der Waals surface area contributed by atoms with Gasteiger partial charge in [0.25, 0.3) is 5.91 Å². The van der Waals surface area contributed by atoms with Crippen LogP contribution in [0.4, 0.5) is 4.39 Å². The molecule has 0 saturated heterocycles. The summed E-state index contributed by atoms with van der Waals surface area (Å²) >= 11 is 3.56. The Balaban J connectivity index is 2.58. The maximum atomic E-state index is 13.1. The van der Waals surface area contributed by atoms with Gasteiger partial charge in [0.2, 0.25) is 0 Å². The first-order chi connectivity index (χ1) is 8.69. The van der Waals surface area contributed by atoms with Gasteiger partial charge in [-0.2, -0.15) is 0 Å². The van der Waals surface area contributed by atoms with Gasteiger partial charge in [-0.25, -0.2) is 4.39 Å². The highest BCUT2D eigenvalue weighted by molar-refractivity contribution is 9.09. The van der Waals surface area contributed by atoms with E-state index in [1.807, 2.05) is 0 Å². The highest BCUT2D eigenvalue weighted by atomic mass is 79.9. The molecule has 1 aromatic rings. The molecule has 0 bridgehead atoms. The first-order valence-electron chi connectivity index (χ1n) is 6.37. The van der Waals surface area contributed by atoms with Gasteiger partial charge in [-0.3, -0.25) is 4.79 Å². The Morgan fingerprint density at radius 1 is 1.42 bits per heavy atom. The number of carbonyl (C=O) groups excluding carboxylic acids is 1. The monoisotopic (exact) mass is 329 g/mol. The second-order valence-electron chi connectivity index (χ2n) is 6.03. The Hall–Kier alpha value is -0.900. The Labute approximate surface area is 122 Å². The third kappa shape index (κ3) is 5.72. The molecule has 0 spiro atoms. The molecule has 0 fully saturated rings. The van der Waals surface area contributed by atoms with Gasteiger partial charge in [0.1, 0.15) is 5.82 Å². The van der Waals surface area contributed by atoms with Gasteiger partial charge in [0.05, 0.1) is 0 Å². The maximum Gasteiger partial charge on any atom is 0.251 e. The zero-order valence-corrected chi connectivity index (χ0v) is 13.5. The molecule has 1 aromatic carbocycles. The van der Waals surface area contributed by atoms with Crippen LogP contribution in [0.3, 0.4) is 0 Å². The quantitative estimate of drug-likeness (QED) is 0.829. The molecule has 19 heavy (non-hydrogen) atoms. The normalized spacial score (nSPS) is 13.2. The van der Waals surface area contributed by atoms with E-state index in [4.69, 9.17) is 0 Å². The highest BCUT2D eigenvalue weighted by Crippen LogP contribution is 2.24. The second kappa shape index (κ2) is 6.51. The summed E-state index contributed by atoms with van der Waals surface area (Å²) in [5, 5.41) is 2.84. The van der Waals surface area contributed by atoms with Crippen LogP contribution in [0, 0.1) is 18.2 Å². The molecule has 4 heteroatoms. The van der Waals surface area contributed by atoms with Gasteiger partial charge in [0.15, 0.2) is 0 Å². The van der Waals surface area contributed by atoms with E-state index in [-0.39, 0.29) is 22.0 Å². The number of benzene rings is 1. The molecule has 1 N–H and O–H groups in total. The summed E-state index contributed by atoms with van der Waals surface area (Å²) in [7, 11) is 0. The molecule has 0 aromatic heterocycles. The molecule has 106 valence electrons. The van der Waals surface area contributed by atoms with E-state index in [1.165, 1.54) is 12.1 Å². The van der Waals surface area contributed by atoms with Crippen LogP contribution in [-0.2, 0) is 0 Å². The van der Waals surface area contributed by atoms with E-state index in [2.05, 4.69) is 42.0 Å². The minimum absolute atomic E-state index is 0.202. The topological polar surface area (TPSA) is 29.1 Å². The average molecular weight is 330 g/mol. The van der Waals surface area contributed by atoms with Crippen molar-refractivity contribution in [2.45, 2.75) is 38.9 Å². The molecule has 1 unspecified atom stereocenters. The first-order valence-corrected chi connectivity index (χ1v) is 7.29. The van der Waals surface area contributed by atoms with Crippen molar-refractivity contribution in [1.82, 2.24) is 5.32 Å². The van der Waals surface area contributed by atoms with Crippen molar-refractivity contribution in [1.29, 1.82) is 0 Å². The van der Waals surface area contributed by atoms with Crippen molar-refractivity contribution in [2.24, 2.45) is 5.41 Å². The SMILES string of the molecule is Cc1ccc(F)cc1C(=O)NCC(Br)CC(C)(C)C. The lowest BCUT2D eigenvalue weighted by molar-refractivity contribution is 0.0951. The zero-order valence-electron chi connectivity index (χ0n) is 11.9. The number of hydrogen-bond acceptors (Lipinski definition) is 1. The van der Waals surface area contributed by atoms with Crippen molar-refractivity contribution in [3.05, 3.63) is 35.1 Å². The summed E-state index contributed by atoms with van der Waals surface area (Å²) in [6.45, 7) is 8.79. The van der Waals surface area contributed by atoms with Crippen LogP contribution >= 0.6 is 15.9 Å². The second-order valence-corrected chi connectivity index (χ2v) is 7.33. The van der Waals surface area contributed by atoms with E-state index in [1.54, 1.807) is 13.0 Å². The fourth-order valence-electron chi connectivity index (χ4n) is 1.87. The van der Waals surface area contributed by atoms with Gasteiger partial charge >= 0.3 is 0 Å². The predicted molar refractivity (Wildman–Crippen MR) is 80.3 cm³/mol. The molecular formula is C15H21BrFNO. The molecule has 0 aliphatic heterocycles. The molecule has 1 amide bonds. The summed E-state index contributed by atoms with van der Waals surface area (Å²) in [5.74, 6) is -0.615. The van der Waals surface area contributed by atoms with Crippen LogP contribution in [0.1, 0.15) is 43.1 Å². The van der Waals surface area contributed by atoms with Crippen molar-refractivity contribution in [3.63, 3.8) is 0 Å². The Morgan fingerprint density at radius 3 is 2.63 bits per heavy atom. The Kier molecular flexibility index (Phi) is 5.53. The largest absolute Gasteiger partial charge is 0.351 e. The maximum absolute atomic E-state index is 13.1. The number of aryl methyl sites for hydroxylation is 1. The fourth-order valence-corrected chi connectivity index (χ4v) is 3.01. The fraction of sp³-hybridized carbons (Fsp3) is 0.533. The highest BCUT2D eigenvalue weighted by Gasteiger charge is 2.18. The van der Waals surface area contributed by atoms with E-state index in [9.17, 15) is 9.18 Å². The van der Waals surface area contributed by atoms with Crippen LogP contribution in [0.15, 0.2) is 18.2 Å². The predicted octanol–water partition coefficient (Wildman–Crippen LogP) is 4.06. The number of hydrogen-bond donors (Lipinski definition) is 1. The van der Waals surface area contributed by atoms with Crippen molar-refractivity contribution in [2.75, 3.05) is 6.54 Å². The number of halogens is 2. The summed E-state index contributed by atoms with van der Waals surface area (Å²) in [6.07, 6.45) is 0.954. The molecule has 1 rings (SSSR count). The molecular weight excluding hydrogens is 309 g/mol. The third-order valence-corrected chi connectivity index (χ3v) is 3.41. The summed E-state index contributed by atoms with van der Waals surface area (Å²) < 4.78 is 13.1. The third-order valence-electron chi connectivity index (χ3n) is 2.76. The van der Waals surface area contributed by atoms with Crippen LogP contribution < -0.4 is 5.32 Å². The number of rotatable bonds is 4. The van der Waals surface area contributed by atoms with E-state index in [0.717, 1.165) is 12.0 Å². The average Bonchev–Trinajstić information content (AvgIpc) is 2.27. The number of amides is 1. The summed E-state index contributed by atoms with van der Waals surface area (Å²) in [5.41, 5.74) is 1.38. The lowest BCUT2D eigenvalue weighted by Crippen LogP contribution is -2.31. The van der Waals surface area contributed by atoms with E-state index >= 15 is 0 Å². The molecule has 1 atom stereocenters. The Bertz CT molecular complexity index is 454. The minimum atomic E-state index is -0.388.